The summed E-state index contributed by atoms with van der Waals surface area (Å²) in [5.41, 5.74) is 7.22. The highest BCUT2D eigenvalue weighted by Gasteiger charge is 2.12. The summed E-state index contributed by atoms with van der Waals surface area (Å²) in [6.07, 6.45) is 0. The van der Waals surface area contributed by atoms with Gasteiger partial charge < -0.3 is 15.6 Å². The molecule has 0 aliphatic heterocycles. The molecule has 2 aromatic rings. The summed E-state index contributed by atoms with van der Waals surface area (Å²) in [7, 11) is 0. The van der Waals surface area contributed by atoms with Crippen molar-refractivity contribution in [1.82, 2.24) is 10.5 Å². The molecule has 0 fully saturated rings. The molecule has 3 N–H and O–H groups in total. The first kappa shape index (κ1) is 12.3. The number of carbonyl (C=O) groups is 1. The molecule has 0 saturated carbocycles. The van der Waals surface area contributed by atoms with Crippen LogP contribution in [0.5, 0.6) is 0 Å². The van der Waals surface area contributed by atoms with Gasteiger partial charge in [-0.25, -0.2) is 0 Å². The third-order valence-corrected chi connectivity index (χ3v) is 2.57. The van der Waals surface area contributed by atoms with E-state index >= 15 is 0 Å². The highest BCUT2D eigenvalue weighted by molar-refractivity contribution is 5.92. The van der Waals surface area contributed by atoms with Crippen LogP contribution in [0.1, 0.15) is 27.9 Å². The van der Waals surface area contributed by atoms with Crippen molar-refractivity contribution in [1.29, 1.82) is 0 Å². The van der Waals surface area contributed by atoms with Gasteiger partial charge in [0.15, 0.2) is 5.69 Å². The number of hydrogen-bond donors (Lipinski definition) is 2. The molecule has 2 rings (SSSR count). The second kappa shape index (κ2) is 5.46. The normalized spacial score (nSPS) is 12.1. The van der Waals surface area contributed by atoms with Crippen molar-refractivity contribution in [3.63, 3.8) is 0 Å². The monoisotopic (exact) mass is 245 g/mol. The molecule has 0 aliphatic carbocycles. The number of hydrogen-bond acceptors (Lipinski definition) is 4. The number of nitrogens with zero attached hydrogens (tertiary/aromatic N) is 1. The molecule has 5 heteroatoms. The third-order valence-electron chi connectivity index (χ3n) is 2.57. The summed E-state index contributed by atoms with van der Waals surface area (Å²) < 4.78 is 4.83. The summed E-state index contributed by atoms with van der Waals surface area (Å²) >= 11 is 0. The Balaban J connectivity index is 1.90. The SMILES string of the molecule is Cc1cc(C(=O)NCC(N)c2ccccc2)no1. The number of rotatable bonds is 4. The average molecular weight is 245 g/mol. The molecule has 1 amide bonds. The molecule has 0 spiro atoms. The highest BCUT2D eigenvalue weighted by atomic mass is 16.5. The summed E-state index contributed by atoms with van der Waals surface area (Å²) in [5, 5.41) is 6.36. The van der Waals surface area contributed by atoms with Crippen LogP contribution in [0, 0.1) is 6.92 Å². The molecule has 18 heavy (non-hydrogen) atoms. The van der Waals surface area contributed by atoms with Crippen LogP contribution in [0.15, 0.2) is 40.9 Å². The zero-order valence-corrected chi connectivity index (χ0v) is 10.1. The van der Waals surface area contributed by atoms with Crippen LogP contribution >= 0.6 is 0 Å². The number of carbonyl (C=O) groups excluding carboxylic acids is 1. The van der Waals surface area contributed by atoms with E-state index < -0.39 is 0 Å². The first-order valence-corrected chi connectivity index (χ1v) is 5.69. The van der Waals surface area contributed by atoms with E-state index in [9.17, 15) is 4.79 Å². The van der Waals surface area contributed by atoms with Gasteiger partial charge in [-0.05, 0) is 12.5 Å². The maximum Gasteiger partial charge on any atom is 0.273 e. The minimum atomic E-state index is -0.279. The van der Waals surface area contributed by atoms with E-state index in [0.717, 1.165) is 5.56 Å². The van der Waals surface area contributed by atoms with Gasteiger partial charge in [0.25, 0.3) is 5.91 Å². The van der Waals surface area contributed by atoms with Crippen LogP contribution in [0.3, 0.4) is 0 Å². The minimum absolute atomic E-state index is 0.233. The van der Waals surface area contributed by atoms with Crippen LogP contribution < -0.4 is 11.1 Å². The fraction of sp³-hybridized carbons (Fsp3) is 0.231. The van der Waals surface area contributed by atoms with Crippen molar-refractivity contribution in [2.75, 3.05) is 6.54 Å². The Labute approximate surface area is 105 Å². The van der Waals surface area contributed by atoms with Gasteiger partial charge in [0, 0.05) is 18.7 Å². The Hall–Kier alpha value is -2.14. The van der Waals surface area contributed by atoms with E-state index in [-0.39, 0.29) is 17.6 Å². The van der Waals surface area contributed by atoms with Gasteiger partial charge >= 0.3 is 0 Å². The zero-order chi connectivity index (χ0) is 13.0. The molecule has 1 aromatic heterocycles. The quantitative estimate of drug-likeness (QED) is 0.853. The van der Waals surface area contributed by atoms with Gasteiger partial charge in [0.2, 0.25) is 0 Å². The van der Waals surface area contributed by atoms with Crippen molar-refractivity contribution >= 4 is 5.91 Å². The predicted molar refractivity (Wildman–Crippen MR) is 66.9 cm³/mol. The molecule has 0 radical (unpaired) electrons. The lowest BCUT2D eigenvalue weighted by atomic mass is 10.1. The topological polar surface area (TPSA) is 81.2 Å². The Morgan fingerprint density at radius 3 is 2.78 bits per heavy atom. The smallest absolute Gasteiger partial charge is 0.273 e. The molecule has 0 bridgehead atoms. The van der Waals surface area contributed by atoms with E-state index in [1.807, 2.05) is 30.3 Å². The van der Waals surface area contributed by atoms with Crippen molar-refractivity contribution in [2.45, 2.75) is 13.0 Å². The molecular formula is C13H15N3O2. The Kier molecular flexibility index (Phi) is 3.74. The Bertz CT molecular complexity index is 522. The fourth-order valence-electron chi connectivity index (χ4n) is 1.58. The van der Waals surface area contributed by atoms with Crippen LogP contribution in [-0.2, 0) is 0 Å². The predicted octanol–water partition coefficient (Wildman–Crippen LogP) is 1.41. The van der Waals surface area contributed by atoms with Crippen LogP contribution in [-0.4, -0.2) is 17.6 Å². The summed E-state index contributed by atoms with van der Waals surface area (Å²) in [5.74, 6) is 0.325. The van der Waals surface area contributed by atoms with Crippen LogP contribution in [0.2, 0.25) is 0 Å². The van der Waals surface area contributed by atoms with Gasteiger partial charge in [-0.3, -0.25) is 4.79 Å². The molecule has 1 atom stereocenters. The Morgan fingerprint density at radius 2 is 2.17 bits per heavy atom. The maximum absolute atomic E-state index is 11.7. The van der Waals surface area contributed by atoms with Gasteiger partial charge in [0.1, 0.15) is 5.76 Å². The average Bonchev–Trinajstić information content (AvgIpc) is 2.83. The first-order chi connectivity index (χ1) is 8.66. The molecule has 0 saturated heterocycles. The third kappa shape index (κ3) is 2.95. The number of benzene rings is 1. The van der Waals surface area contributed by atoms with E-state index in [2.05, 4.69) is 10.5 Å². The van der Waals surface area contributed by atoms with Crippen LogP contribution in [0.25, 0.3) is 0 Å². The minimum Gasteiger partial charge on any atom is -0.361 e. The molecule has 94 valence electrons. The van der Waals surface area contributed by atoms with E-state index in [0.29, 0.717) is 12.3 Å². The van der Waals surface area contributed by atoms with Crippen molar-refractivity contribution in [3.8, 4) is 0 Å². The lowest BCUT2D eigenvalue weighted by Crippen LogP contribution is -2.32. The summed E-state index contributed by atoms with van der Waals surface area (Å²) in [6.45, 7) is 2.09. The zero-order valence-electron chi connectivity index (χ0n) is 10.1. The number of aromatic nitrogens is 1. The molecular weight excluding hydrogens is 230 g/mol. The van der Waals surface area contributed by atoms with Crippen LogP contribution in [0.4, 0.5) is 0 Å². The molecule has 1 aromatic carbocycles. The lowest BCUT2D eigenvalue weighted by molar-refractivity contribution is 0.0942. The second-order valence-corrected chi connectivity index (χ2v) is 4.05. The highest BCUT2D eigenvalue weighted by Crippen LogP contribution is 2.08. The maximum atomic E-state index is 11.7. The lowest BCUT2D eigenvalue weighted by Gasteiger charge is -2.12. The number of nitrogens with one attached hydrogen (secondary N) is 1. The molecule has 0 aliphatic rings. The van der Waals surface area contributed by atoms with Gasteiger partial charge in [-0.2, -0.15) is 0 Å². The van der Waals surface area contributed by atoms with E-state index in [1.54, 1.807) is 13.0 Å². The van der Waals surface area contributed by atoms with Gasteiger partial charge in [-0.15, -0.1) is 0 Å². The first-order valence-electron chi connectivity index (χ1n) is 5.69. The Morgan fingerprint density at radius 1 is 1.44 bits per heavy atom. The summed E-state index contributed by atoms with van der Waals surface area (Å²) in [4.78, 5) is 11.7. The molecule has 5 nitrogen and oxygen atoms in total. The van der Waals surface area contributed by atoms with Crippen molar-refractivity contribution < 1.29 is 9.32 Å². The van der Waals surface area contributed by atoms with Gasteiger partial charge in [0.05, 0.1) is 0 Å². The van der Waals surface area contributed by atoms with Crippen molar-refractivity contribution in [3.05, 3.63) is 53.4 Å². The van der Waals surface area contributed by atoms with Gasteiger partial charge in [-0.1, -0.05) is 35.5 Å². The van der Waals surface area contributed by atoms with Crippen molar-refractivity contribution in [2.24, 2.45) is 5.73 Å². The van der Waals surface area contributed by atoms with E-state index in [1.165, 1.54) is 0 Å². The molecule has 1 unspecified atom stereocenters. The summed E-state index contributed by atoms with van der Waals surface area (Å²) in [6, 6.07) is 11.0. The second-order valence-electron chi connectivity index (χ2n) is 4.05. The number of nitrogens with two attached hydrogens (primary N) is 1. The number of amides is 1. The fourth-order valence-corrected chi connectivity index (χ4v) is 1.58. The standard InChI is InChI=1S/C13H15N3O2/c1-9-7-12(16-18-9)13(17)15-8-11(14)10-5-3-2-4-6-10/h2-7,11H,8,14H2,1H3,(H,15,17). The largest absolute Gasteiger partial charge is 0.361 e. The molecule has 1 heterocycles. The van der Waals surface area contributed by atoms with E-state index in [4.69, 9.17) is 10.3 Å². The number of aryl methyl sites for hydroxylation is 1.